The molecule has 3 rings (SSSR count). The van der Waals surface area contributed by atoms with E-state index in [0.29, 0.717) is 13.0 Å². The molecule has 0 radical (unpaired) electrons. The number of ether oxygens (including phenoxy) is 1. The van der Waals surface area contributed by atoms with Crippen LogP contribution in [0.4, 0.5) is 0 Å². The van der Waals surface area contributed by atoms with Gasteiger partial charge in [0.1, 0.15) is 0 Å². The maximum absolute atomic E-state index is 12.5. The molecule has 0 saturated heterocycles. The second kappa shape index (κ2) is 10.4. The van der Waals surface area contributed by atoms with Crippen LogP contribution in [0.15, 0.2) is 91.0 Å². The van der Waals surface area contributed by atoms with Crippen molar-refractivity contribution in [1.82, 2.24) is 4.90 Å². The average Bonchev–Trinajstić information content (AvgIpc) is 2.75. The lowest BCUT2D eigenvalue weighted by Crippen LogP contribution is -2.34. The summed E-state index contributed by atoms with van der Waals surface area (Å²) in [7, 11) is 1.47. The summed E-state index contributed by atoms with van der Waals surface area (Å²) in [6.45, 7) is 2.22. The molecule has 0 saturated carbocycles. The van der Waals surface area contributed by atoms with Crippen molar-refractivity contribution in [3.63, 3.8) is 0 Å². The van der Waals surface area contributed by atoms with Crippen LogP contribution >= 0.6 is 0 Å². The molecule has 0 fully saturated rings. The van der Waals surface area contributed by atoms with Crippen LogP contribution in [0, 0.1) is 5.92 Å². The zero-order valence-electron chi connectivity index (χ0n) is 16.3. The predicted octanol–water partition coefficient (Wildman–Crippen LogP) is 4.72. The van der Waals surface area contributed by atoms with E-state index in [1.165, 1.54) is 18.2 Å². The van der Waals surface area contributed by atoms with E-state index in [-0.39, 0.29) is 11.9 Å². The number of benzene rings is 3. The molecule has 0 aliphatic rings. The highest BCUT2D eigenvalue weighted by Gasteiger charge is 2.23. The minimum absolute atomic E-state index is 0.157. The second-order valence-corrected chi connectivity index (χ2v) is 7.05. The summed E-state index contributed by atoms with van der Waals surface area (Å²) >= 11 is 0. The van der Waals surface area contributed by atoms with Gasteiger partial charge in [-0.25, -0.2) is 0 Å². The van der Waals surface area contributed by atoms with Crippen molar-refractivity contribution in [2.24, 2.45) is 5.92 Å². The Morgan fingerprint density at radius 1 is 0.750 bits per heavy atom. The standard InChI is InChI=1S/C25H27NO2/c1-28-25(27)24(17-21-11-5-2-6-12-21)20-26(18-22-13-7-3-8-14-22)19-23-15-9-4-10-16-23/h2-16,24H,17-20H2,1H3/t24-/m0/s1. The van der Waals surface area contributed by atoms with E-state index in [4.69, 9.17) is 4.74 Å². The van der Waals surface area contributed by atoms with Crippen LogP contribution in [0.25, 0.3) is 0 Å². The van der Waals surface area contributed by atoms with Crippen molar-refractivity contribution in [3.8, 4) is 0 Å². The Kier molecular flexibility index (Phi) is 7.39. The number of carbonyl (C=O) groups excluding carboxylic acids is 1. The largest absolute Gasteiger partial charge is 0.469 e. The van der Waals surface area contributed by atoms with Gasteiger partial charge < -0.3 is 4.74 Å². The predicted molar refractivity (Wildman–Crippen MR) is 113 cm³/mol. The molecule has 3 nitrogen and oxygen atoms in total. The summed E-state index contributed by atoms with van der Waals surface area (Å²) in [6, 6.07) is 30.9. The molecular weight excluding hydrogens is 346 g/mol. The molecule has 0 aliphatic carbocycles. The van der Waals surface area contributed by atoms with Crippen molar-refractivity contribution >= 4 is 5.97 Å². The number of hydrogen-bond donors (Lipinski definition) is 0. The van der Waals surface area contributed by atoms with Gasteiger partial charge in [-0.15, -0.1) is 0 Å². The molecule has 0 aliphatic heterocycles. The van der Waals surface area contributed by atoms with Crippen LogP contribution in [0.5, 0.6) is 0 Å². The third-order valence-electron chi connectivity index (χ3n) is 4.84. The normalized spacial score (nSPS) is 11.9. The third-order valence-corrected chi connectivity index (χ3v) is 4.84. The van der Waals surface area contributed by atoms with Crippen LogP contribution in [0.2, 0.25) is 0 Å². The van der Waals surface area contributed by atoms with E-state index in [0.717, 1.165) is 18.7 Å². The van der Waals surface area contributed by atoms with Gasteiger partial charge in [-0.1, -0.05) is 91.0 Å². The molecule has 0 aromatic heterocycles. The molecule has 0 N–H and O–H groups in total. The summed E-state index contributed by atoms with van der Waals surface area (Å²) < 4.78 is 5.12. The Balaban J connectivity index is 1.78. The van der Waals surface area contributed by atoms with Gasteiger partial charge in [-0.3, -0.25) is 9.69 Å². The number of nitrogens with zero attached hydrogens (tertiary/aromatic N) is 1. The fourth-order valence-electron chi connectivity index (χ4n) is 3.47. The molecule has 0 amide bonds. The van der Waals surface area contributed by atoms with Crippen LogP contribution in [-0.4, -0.2) is 24.5 Å². The molecule has 28 heavy (non-hydrogen) atoms. The Labute approximate surface area is 167 Å². The fraction of sp³-hybridized carbons (Fsp3) is 0.240. The van der Waals surface area contributed by atoms with Gasteiger partial charge in [0.05, 0.1) is 13.0 Å². The summed E-state index contributed by atoms with van der Waals surface area (Å²) in [4.78, 5) is 14.8. The molecular formula is C25H27NO2. The average molecular weight is 373 g/mol. The van der Waals surface area contributed by atoms with Crippen LogP contribution in [0.3, 0.4) is 0 Å². The van der Waals surface area contributed by atoms with Gasteiger partial charge >= 0.3 is 5.97 Å². The van der Waals surface area contributed by atoms with Gasteiger partial charge in [0.2, 0.25) is 0 Å². The van der Waals surface area contributed by atoms with Crippen molar-refractivity contribution in [1.29, 1.82) is 0 Å². The number of methoxy groups -OCH3 is 1. The summed E-state index contributed by atoms with van der Waals surface area (Å²) in [5, 5.41) is 0. The van der Waals surface area contributed by atoms with Crippen molar-refractivity contribution in [3.05, 3.63) is 108 Å². The molecule has 3 aromatic rings. The maximum Gasteiger partial charge on any atom is 0.310 e. The molecule has 0 bridgehead atoms. The van der Waals surface area contributed by atoms with E-state index < -0.39 is 0 Å². The smallest absolute Gasteiger partial charge is 0.310 e. The van der Waals surface area contributed by atoms with Gasteiger partial charge in [0.15, 0.2) is 0 Å². The number of hydrogen-bond acceptors (Lipinski definition) is 3. The first-order chi connectivity index (χ1) is 13.7. The topological polar surface area (TPSA) is 29.5 Å². The lowest BCUT2D eigenvalue weighted by Gasteiger charge is -2.27. The molecule has 0 spiro atoms. The maximum atomic E-state index is 12.5. The van der Waals surface area contributed by atoms with E-state index in [1.54, 1.807) is 0 Å². The van der Waals surface area contributed by atoms with E-state index >= 15 is 0 Å². The summed E-state index contributed by atoms with van der Waals surface area (Å²) in [6.07, 6.45) is 0.674. The molecule has 3 aromatic carbocycles. The minimum Gasteiger partial charge on any atom is -0.469 e. The first-order valence-electron chi connectivity index (χ1n) is 9.66. The summed E-state index contributed by atoms with van der Waals surface area (Å²) in [5.41, 5.74) is 3.63. The Hall–Kier alpha value is -2.91. The van der Waals surface area contributed by atoms with Crippen LogP contribution in [0.1, 0.15) is 16.7 Å². The van der Waals surface area contributed by atoms with Crippen LogP contribution in [-0.2, 0) is 29.0 Å². The Morgan fingerprint density at radius 3 is 1.61 bits per heavy atom. The van der Waals surface area contributed by atoms with E-state index in [2.05, 4.69) is 65.6 Å². The molecule has 0 heterocycles. The van der Waals surface area contributed by atoms with Crippen LogP contribution < -0.4 is 0 Å². The SMILES string of the molecule is COC(=O)[C@@H](Cc1ccccc1)CN(Cc1ccccc1)Cc1ccccc1. The van der Waals surface area contributed by atoms with Gasteiger partial charge in [-0.2, -0.15) is 0 Å². The highest BCUT2D eigenvalue weighted by Crippen LogP contribution is 2.17. The third kappa shape index (κ3) is 6.07. The Morgan fingerprint density at radius 2 is 1.18 bits per heavy atom. The van der Waals surface area contributed by atoms with Crippen molar-refractivity contribution in [2.75, 3.05) is 13.7 Å². The number of carbonyl (C=O) groups is 1. The number of rotatable bonds is 9. The summed E-state index contributed by atoms with van der Waals surface area (Å²) in [5.74, 6) is -0.366. The zero-order valence-corrected chi connectivity index (χ0v) is 16.3. The van der Waals surface area contributed by atoms with E-state index in [1.807, 2.05) is 30.3 Å². The lowest BCUT2D eigenvalue weighted by molar-refractivity contribution is -0.146. The first-order valence-corrected chi connectivity index (χ1v) is 9.66. The van der Waals surface area contributed by atoms with Crippen molar-refractivity contribution in [2.45, 2.75) is 19.5 Å². The minimum atomic E-state index is -0.208. The van der Waals surface area contributed by atoms with Gasteiger partial charge in [0, 0.05) is 19.6 Å². The molecule has 1 atom stereocenters. The zero-order chi connectivity index (χ0) is 19.6. The highest BCUT2D eigenvalue weighted by molar-refractivity contribution is 5.73. The van der Waals surface area contributed by atoms with Gasteiger partial charge in [0.25, 0.3) is 0 Å². The fourth-order valence-corrected chi connectivity index (χ4v) is 3.47. The molecule has 0 unspecified atom stereocenters. The highest BCUT2D eigenvalue weighted by atomic mass is 16.5. The second-order valence-electron chi connectivity index (χ2n) is 7.05. The lowest BCUT2D eigenvalue weighted by atomic mass is 9.98. The van der Waals surface area contributed by atoms with Crippen molar-refractivity contribution < 1.29 is 9.53 Å². The Bertz CT molecular complexity index is 793. The van der Waals surface area contributed by atoms with E-state index in [9.17, 15) is 4.79 Å². The first kappa shape index (κ1) is 19.8. The molecule has 144 valence electrons. The quantitative estimate of drug-likeness (QED) is 0.508. The monoisotopic (exact) mass is 373 g/mol. The molecule has 3 heteroatoms. The van der Waals surface area contributed by atoms with Gasteiger partial charge in [-0.05, 0) is 23.1 Å². The number of esters is 1.